The third-order valence-electron chi connectivity index (χ3n) is 9.26. The van der Waals surface area contributed by atoms with Crippen LogP contribution in [0.5, 0.6) is 0 Å². The standard InChI is InChI=1S/C37H67O15P/c1-2-3-4-5-6-7-8-9-10-11-12-15-18-23-30(40)49-26-29(51-31(41)24-19-16-13-14-17-21-28(39)22-20-25-38)27-50-53(47,48)52-37-35(45)33(43)32(42)34(44)36(37)46/h20,22,25,28-29,32-37,39,42-46H,2-19,21,23-24,26-27H2,1H3,(H,47,48)/b22-20+/t28?,29-,32?,33-,34?,35?,36?,37?/m1/s1. The van der Waals surface area contributed by atoms with Crippen molar-refractivity contribution in [3.63, 3.8) is 0 Å². The molecule has 0 aliphatic heterocycles. The molecule has 7 unspecified atom stereocenters. The van der Waals surface area contributed by atoms with Crippen molar-refractivity contribution in [1.29, 1.82) is 0 Å². The Morgan fingerprint density at radius 3 is 1.62 bits per heavy atom. The second-order valence-corrected chi connectivity index (χ2v) is 15.4. The summed E-state index contributed by atoms with van der Waals surface area (Å²) in [6.45, 7) is 0.953. The van der Waals surface area contributed by atoms with Crippen LogP contribution in [0.25, 0.3) is 0 Å². The van der Waals surface area contributed by atoms with Gasteiger partial charge in [0.1, 0.15) is 49.5 Å². The van der Waals surface area contributed by atoms with Crippen LogP contribution >= 0.6 is 7.82 Å². The number of aliphatic hydroxyl groups excluding tert-OH is 6. The molecule has 1 rings (SSSR count). The third-order valence-corrected chi connectivity index (χ3v) is 10.2. The van der Waals surface area contributed by atoms with Gasteiger partial charge in [-0.1, -0.05) is 116 Å². The highest BCUT2D eigenvalue weighted by molar-refractivity contribution is 7.47. The lowest BCUT2D eigenvalue weighted by Crippen LogP contribution is -2.64. The Morgan fingerprint density at radius 2 is 1.11 bits per heavy atom. The summed E-state index contributed by atoms with van der Waals surface area (Å²) in [6.07, 6.45) is 8.27. The highest BCUT2D eigenvalue weighted by Gasteiger charge is 2.51. The Hall–Kier alpha value is -1.78. The van der Waals surface area contributed by atoms with Gasteiger partial charge < -0.3 is 45.0 Å². The lowest BCUT2D eigenvalue weighted by Gasteiger charge is -2.41. The minimum atomic E-state index is -5.14. The van der Waals surface area contributed by atoms with Crippen LogP contribution in [0, 0.1) is 0 Å². The molecule has 0 aromatic rings. The van der Waals surface area contributed by atoms with Crippen molar-refractivity contribution in [2.75, 3.05) is 13.2 Å². The molecule has 1 aliphatic rings. The number of carbonyl (C=O) groups excluding carboxylic acids is 3. The summed E-state index contributed by atoms with van der Waals surface area (Å²) in [5.41, 5.74) is 0. The van der Waals surface area contributed by atoms with E-state index in [1.807, 2.05) is 0 Å². The molecule has 7 N–H and O–H groups in total. The minimum absolute atomic E-state index is 0.0000491. The van der Waals surface area contributed by atoms with E-state index in [0.717, 1.165) is 44.9 Å². The fraction of sp³-hybridized carbons (Fsp3) is 0.865. The van der Waals surface area contributed by atoms with Crippen molar-refractivity contribution >= 4 is 26.0 Å². The number of esters is 2. The fourth-order valence-corrected chi connectivity index (χ4v) is 6.98. The van der Waals surface area contributed by atoms with E-state index in [4.69, 9.17) is 18.5 Å². The molecule has 0 heterocycles. The van der Waals surface area contributed by atoms with Gasteiger partial charge in [0.25, 0.3) is 0 Å². The maximum Gasteiger partial charge on any atom is 0.472 e. The molecule has 310 valence electrons. The first-order valence-corrected chi connectivity index (χ1v) is 21.0. The van der Waals surface area contributed by atoms with Gasteiger partial charge in [-0.3, -0.25) is 23.4 Å². The van der Waals surface area contributed by atoms with Gasteiger partial charge in [-0.2, -0.15) is 0 Å². The summed E-state index contributed by atoms with van der Waals surface area (Å²) in [5, 5.41) is 59.6. The maximum atomic E-state index is 12.7. The van der Waals surface area contributed by atoms with Crippen LogP contribution in [0.2, 0.25) is 0 Å². The molecule has 0 saturated heterocycles. The van der Waals surface area contributed by atoms with Gasteiger partial charge in [-0.05, 0) is 25.3 Å². The molecule has 0 bridgehead atoms. The second-order valence-electron chi connectivity index (χ2n) is 14.0. The number of carbonyl (C=O) groups is 3. The zero-order valence-electron chi connectivity index (χ0n) is 31.5. The van der Waals surface area contributed by atoms with Crippen LogP contribution in [-0.2, 0) is 37.5 Å². The summed E-state index contributed by atoms with van der Waals surface area (Å²) in [6, 6.07) is 0. The van der Waals surface area contributed by atoms with Crippen molar-refractivity contribution in [2.45, 2.75) is 191 Å². The summed E-state index contributed by atoms with van der Waals surface area (Å²) >= 11 is 0. The van der Waals surface area contributed by atoms with E-state index in [9.17, 15) is 54.5 Å². The quantitative estimate of drug-likeness (QED) is 0.0167. The number of hydrogen-bond acceptors (Lipinski definition) is 14. The highest BCUT2D eigenvalue weighted by Crippen LogP contribution is 2.47. The number of aliphatic hydroxyl groups is 6. The van der Waals surface area contributed by atoms with Crippen molar-refractivity contribution in [2.24, 2.45) is 0 Å². The van der Waals surface area contributed by atoms with Crippen LogP contribution in [0.1, 0.15) is 142 Å². The molecule has 0 amide bonds. The van der Waals surface area contributed by atoms with E-state index >= 15 is 0 Å². The zero-order valence-corrected chi connectivity index (χ0v) is 32.4. The molecule has 0 radical (unpaired) electrons. The van der Waals surface area contributed by atoms with Crippen LogP contribution in [0.3, 0.4) is 0 Å². The van der Waals surface area contributed by atoms with E-state index in [2.05, 4.69) is 6.92 Å². The average molecular weight is 783 g/mol. The number of phosphoric acid groups is 1. The molecule has 15 nitrogen and oxygen atoms in total. The number of unbranched alkanes of at least 4 members (excludes halogenated alkanes) is 16. The van der Waals surface area contributed by atoms with E-state index in [1.54, 1.807) is 0 Å². The van der Waals surface area contributed by atoms with E-state index < -0.39 is 81.8 Å². The minimum Gasteiger partial charge on any atom is -0.462 e. The predicted octanol–water partition coefficient (Wildman–Crippen LogP) is 4.09. The Labute approximate surface area is 314 Å². The molecule has 1 saturated carbocycles. The number of rotatable bonds is 32. The molecule has 0 aromatic heterocycles. The number of allylic oxidation sites excluding steroid dienone is 1. The number of ether oxygens (including phenoxy) is 2. The molecule has 9 atom stereocenters. The van der Waals surface area contributed by atoms with Crippen molar-refractivity contribution in [1.82, 2.24) is 0 Å². The van der Waals surface area contributed by atoms with E-state index in [0.29, 0.717) is 32.0 Å². The molecule has 0 aromatic carbocycles. The smallest absolute Gasteiger partial charge is 0.462 e. The second kappa shape index (κ2) is 29.5. The third kappa shape index (κ3) is 23.0. The monoisotopic (exact) mass is 782 g/mol. The number of aldehydes is 1. The molecular formula is C37H67O15P. The summed E-state index contributed by atoms with van der Waals surface area (Å²) in [7, 11) is -5.14. The Kier molecular flexibility index (Phi) is 27.4. The normalized spacial score (nSPS) is 24.1. The zero-order chi connectivity index (χ0) is 39.5. The average Bonchev–Trinajstić information content (AvgIpc) is 3.13. The Balaban J connectivity index is 2.54. The van der Waals surface area contributed by atoms with E-state index in [-0.39, 0.29) is 12.8 Å². The van der Waals surface area contributed by atoms with Crippen molar-refractivity contribution in [3.8, 4) is 0 Å². The predicted molar refractivity (Wildman–Crippen MR) is 195 cm³/mol. The van der Waals surface area contributed by atoms with Gasteiger partial charge in [0.05, 0.1) is 12.7 Å². The summed E-state index contributed by atoms with van der Waals surface area (Å²) < 4.78 is 33.2. The maximum absolute atomic E-state index is 12.7. The number of hydrogen-bond donors (Lipinski definition) is 7. The molecule has 0 spiro atoms. The lowest BCUT2D eigenvalue weighted by atomic mass is 9.85. The first-order chi connectivity index (χ1) is 25.3. The van der Waals surface area contributed by atoms with Gasteiger partial charge in [-0.15, -0.1) is 0 Å². The van der Waals surface area contributed by atoms with E-state index in [1.165, 1.54) is 63.5 Å². The van der Waals surface area contributed by atoms with Gasteiger partial charge in [0.15, 0.2) is 6.10 Å². The number of phosphoric ester groups is 1. The van der Waals surface area contributed by atoms with Gasteiger partial charge in [-0.25, -0.2) is 4.57 Å². The Morgan fingerprint density at radius 1 is 0.660 bits per heavy atom. The Bertz CT molecular complexity index is 1040. The van der Waals surface area contributed by atoms with Crippen LogP contribution in [0.4, 0.5) is 0 Å². The largest absolute Gasteiger partial charge is 0.472 e. The van der Waals surface area contributed by atoms with Crippen LogP contribution in [0.15, 0.2) is 12.2 Å². The van der Waals surface area contributed by atoms with Crippen molar-refractivity contribution < 1.29 is 73.0 Å². The highest BCUT2D eigenvalue weighted by atomic mass is 31.2. The molecule has 1 fully saturated rings. The lowest BCUT2D eigenvalue weighted by molar-refractivity contribution is -0.220. The van der Waals surface area contributed by atoms with Gasteiger partial charge in [0.2, 0.25) is 0 Å². The topological polar surface area (TPSA) is 247 Å². The summed E-state index contributed by atoms with van der Waals surface area (Å²) in [5.74, 6) is -1.22. The van der Waals surface area contributed by atoms with Crippen LogP contribution in [-0.4, -0.2) is 116 Å². The fourth-order valence-electron chi connectivity index (χ4n) is 6.01. The van der Waals surface area contributed by atoms with Gasteiger partial charge >= 0.3 is 19.8 Å². The summed E-state index contributed by atoms with van der Waals surface area (Å²) in [4.78, 5) is 45.7. The molecule has 53 heavy (non-hydrogen) atoms. The molecular weight excluding hydrogens is 715 g/mol. The van der Waals surface area contributed by atoms with Crippen LogP contribution < -0.4 is 0 Å². The van der Waals surface area contributed by atoms with Crippen molar-refractivity contribution in [3.05, 3.63) is 12.2 Å². The molecule has 1 aliphatic carbocycles. The first kappa shape index (κ1) is 49.2. The molecule has 16 heteroatoms. The first-order valence-electron chi connectivity index (χ1n) is 19.5. The SMILES string of the molecule is CCCCCCCCCCCCCCCC(=O)OC[C@H](COP(=O)(O)OC1C(O)C(O)C(O)[C@@H](O)C1O)OC(=O)CCCCCCCC(O)/C=C/C=O. The van der Waals surface area contributed by atoms with Gasteiger partial charge in [0, 0.05) is 12.8 Å².